The van der Waals surface area contributed by atoms with E-state index in [2.05, 4.69) is 19.8 Å². The molecule has 1 amide bonds. The predicted octanol–water partition coefficient (Wildman–Crippen LogP) is 5.63. The molecule has 0 aliphatic carbocycles. The molecule has 0 radical (unpaired) electrons. The standard InChI is InChI=1S/C19H10Cl2F2N2O3/c20-13-4-2-1-3-11(13)18(26)25-17-6-5-10(9-24-17)12-7-15-16(8-14(12)21)28-19(22,23)27-15/h1-9H,(H,24,25,26). The fourth-order valence-corrected chi connectivity index (χ4v) is 3.13. The van der Waals surface area contributed by atoms with Crippen molar-refractivity contribution in [3.63, 3.8) is 0 Å². The van der Waals surface area contributed by atoms with Crippen LogP contribution in [0.3, 0.4) is 0 Å². The Labute approximate surface area is 167 Å². The number of anilines is 1. The van der Waals surface area contributed by atoms with E-state index in [-0.39, 0.29) is 22.3 Å². The van der Waals surface area contributed by atoms with Crippen LogP contribution in [0.25, 0.3) is 11.1 Å². The van der Waals surface area contributed by atoms with Crippen LogP contribution in [0.2, 0.25) is 10.0 Å². The zero-order valence-corrected chi connectivity index (χ0v) is 15.4. The predicted molar refractivity (Wildman–Crippen MR) is 100 cm³/mol. The molecule has 28 heavy (non-hydrogen) atoms. The van der Waals surface area contributed by atoms with E-state index in [1.165, 1.54) is 18.3 Å². The van der Waals surface area contributed by atoms with Gasteiger partial charge in [0.1, 0.15) is 5.82 Å². The highest BCUT2D eigenvalue weighted by Crippen LogP contribution is 2.46. The first kappa shape index (κ1) is 18.5. The fourth-order valence-electron chi connectivity index (χ4n) is 2.65. The van der Waals surface area contributed by atoms with Crippen molar-refractivity contribution in [1.82, 2.24) is 4.98 Å². The first-order chi connectivity index (χ1) is 13.3. The molecule has 9 heteroatoms. The molecule has 3 aromatic rings. The molecule has 0 spiro atoms. The van der Waals surface area contributed by atoms with E-state index in [0.717, 1.165) is 0 Å². The lowest BCUT2D eigenvalue weighted by atomic mass is 10.1. The molecule has 1 aromatic heterocycles. The van der Waals surface area contributed by atoms with Gasteiger partial charge in [-0.15, -0.1) is 8.78 Å². The van der Waals surface area contributed by atoms with E-state index in [9.17, 15) is 13.6 Å². The normalized spacial score (nSPS) is 14.0. The number of amides is 1. The molecule has 5 nitrogen and oxygen atoms in total. The van der Waals surface area contributed by atoms with Crippen LogP contribution in [0, 0.1) is 0 Å². The summed E-state index contributed by atoms with van der Waals surface area (Å²) in [7, 11) is 0. The van der Waals surface area contributed by atoms with Gasteiger partial charge >= 0.3 is 6.29 Å². The van der Waals surface area contributed by atoms with Crippen LogP contribution < -0.4 is 14.8 Å². The third-order valence-corrected chi connectivity index (χ3v) is 4.57. The van der Waals surface area contributed by atoms with Crippen molar-refractivity contribution in [3.8, 4) is 22.6 Å². The molecule has 1 N–H and O–H groups in total. The van der Waals surface area contributed by atoms with E-state index < -0.39 is 12.2 Å². The number of benzene rings is 2. The molecule has 2 aromatic carbocycles. The van der Waals surface area contributed by atoms with Gasteiger partial charge in [0, 0.05) is 23.4 Å². The summed E-state index contributed by atoms with van der Waals surface area (Å²) in [4.78, 5) is 16.4. The second-order valence-corrected chi connectivity index (χ2v) is 6.63. The molecule has 142 valence electrons. The monoisotopic (exact) mass is 422 g/mol. The van der Waals surface area contributed by atoms with Crippen LogP contribution in [0.4, 0.5) is 14.6 Å². The summed E-state index contributed by atoms with van der Waals surface area (Å²) in [5, 5.41) is 3.14. The van der Waals surface area contributed by atoms with Gasteiger partial charge in [0.05, 0.1) is 15.6 Å². The van der Waals surface area contributed by atoms with Crippen LogP contribution in [0.1, 0.15) is 10.4 Å². The zero-order valence-electron chi connectivity index (χ0n) is 13.9. The first-order valence-electron chi connectivity index (χ1n) is 7.94. The second-order valence-electron chi connectivity index (χ2n) is 5.81. The van der Waals surface area contributed by atoms with Gasteiger partial charge in [-0.25, -0.2) is 4.98 Å². The van der Waals surface area contributed by atoms with Gasteiger partial charge in [-0.3, -0.25) is 4.79 Å². The number of aromatic nitrogens is 1. The number of carbonyl (C=O) groups is 1. The Morgan fingerprint density at radius 2 is 1.71 bits per heavy atom. The Kier molecular flexibility index (Phi) is 4.56. The highest BCUT2D eigenvalue weighted by molar-refractivity contribution is 6.34. The number of fused-ring (bicyclic) bond motifs is 1. The zero-order chi connectivity index (χ0) is 19.9. The topological polar surface area (TPSA) is 60.5 Å². The number of nitrogens with zero attached hydrogens (tertiary/aromatic N) is 1. The summed E-state index contributed by atoms with van der Waals surface area (Å²) in [6.07, 6.45) is -2.28. The van der Waals surface area contributed by atoms with Crippen molar-refractivity contribution in [1.29, 1.82) is 0 Å². The van der Waals surface area contributed by atoms with E-state index in [4.69, 9.17) is 23.2 Å². The molecule has 0 saturated carbocycles. The minimum absolute atomic E-state index is 0.125. The molecule has 1 aliphatic heterocycles. The molecular formula is C19H10Cl2F2N2O3. The van der Waals surface area contributed by atoms with Gasteiger partial charge in [-0.05, 0) is 30.3 Å². The number of hydrogen-bond donors (Lipinski definition) is 1. The van der Waals surface area contributed by atoms with Gasteiger partial charge in [0.2, 0.25) is 0 Å². The molecule has 0 fully saturated rings. The van der Waals surface area contributed by atoms with Crippen LogP contribution in [-0.2, 0) is 0 Å². The maximum Gasteiger partial charge on any atom is 0.586 e. The molecular weight excluding hydrogens is 413 g/mol. The third kappa shape index (κ3) is 3.58. The quantitative estimate of drug-likeness (QED) is 0.594. The number of pyridine rings is 1. The molecule has 0 atom stereocenters. The summed E-state index contributed by atoms with van der Waals surface area (Å²) in [6.45, 7) is 0. The highest BCUT2D eigenvalue weighted by atomic mass is 35.5. The highest BCUT2D eigenvalue weighted by Gasteiger charge is 2.43. The number of rotatable bonds is 3. The Balaban J connectivity index is 1.56. The number of halogens is 4. The Bertz CT molecular complexity index is 1080. The second kappa shape index (κ2) is 6.92. The molecule has 2 heterocycles. The molecule has 1 aliphatic rings. The maximum atomic E-state index is 13.2. The van der Waals surface area contributed by atoms with Crippen molar-refractivity contribution in [2.45, 2.75) is 6.29 Å². The van der Waals surface area contributed by atoms with Crippen molar-refractivity contribution < 1.29 is 23.0 Å². The largest absolute Gasteiger partial charge is 0.586 e. The molecule has 0 saturated heterocycles. The van der Waals surface area contributed by atoms with E-state index >= 15 is 0 Å². The van der Waals surface area contributed by atoms with Gasteiger partial charge in [0.15, 0.2) is 11.5 Å². The van der Waals surface area contributed by atoms with Gasteiger partial charge in [-0.1, -0.05) is 35.3 Å². The summed E-state index contributed by atoms with van der Waals surface area (Å²) < 4.78 is 35.2. The summed E-state index contributed by atoms with van der Waals surface area (Å²) >= 11 is 12.2. The van der Waals surface area contributed by atoms with E-state index in [1.54, 1.807) is 36.4 Å². The Morgan fingerprint density at radius 1 is 1.00 bits per heavy atom. The van der Waals surface area contributed by atoms with Crippen LogP contribution in [-0.4, -0.2) is 17.2 Å². The Hall–Kier alpha value is -2.90. The fraction of sp³-hybridized carbons (Fsp3) is 0.0526. The van der Waals surface area contributed by atoms with E-state index in [0.29, 0.717) is 21.7 Å². The number of carbonyl (C=O) groups excluding carboxylic acids is 1. The average Bonchev–Trinajstić information content (AvgIpc) is 2.95. The summed E-state index contributed by atoms with van der Waals surface area (Å²) in [6, 6.07) is 12.4. The van der Waals surface area contributed by atoms with Gasteiger partial charge in [-0.2, -0.15) is 0 Å². The van der Waals surface area contributed by atoms with Gasteiger partial charge in [0.25, 0.3) is 5.91 Å². The minimum atomic E-state index is -3.73. The first-order valence-corrected chi connectivity index (χ1v) is 8.70. The number of nitrogens with one attached hydrogen (secondary N) is 1. The third-order valence-electron chi connectivity index (χ3n) is 3.93. The Morgan fingerprint density at radius 3 is 2.39 bits per heavy atom. The SMILES string of the molecule is O=C(Nc1ccc(-c2cc3c(cc2Cl)OC(F)(F)O3)cn1)c1ccccc1Cl. The molecule has 4 rings (SSSR count). The van der Waals surface area contributed by atoms with Crippen LogP contribution >= 0.6 is 23.2 Å². The van der Waals surface area contributed by atoms with Crippen molar-refractivity contribution in [3.05, 3.63) is 70.3 Å². The molecule has 0 unspecified atom stereocenters. The van der Waals surface area contributed by atoms with Crippen LogP contribution in [0.5, 0.6) is 11.5 Å². The van der Waals surface area contributed by atoms with Crippen molar-refractivity contribution in [2.75, 3.05) is 5.32 Å². The number of ether oxygens (including phenoxy) is 2. The average molecular weight is 423 g/mol. The minimum Gasteiger partial charge on any atom is -0.395 e. The van der Waals surface area contributed by atoms with E-state index in [1.807, 2.05) is 0 Å². The molecule has 0 bridgehead atoms. The smallest absolute Gasteiger partial charge is 0.395 e. The number of hydrogen-bond acceptors (Lipinski definition) is 4. The lowest BCUT2D eigenvalue weighted by Crippen LogP contribution is -2.25. The number of alkyl halides is 2. The summed E-state index contributed by atoms with van der Waals surface area (Å²) in [5.74, 6) is -0.387. The van der Waals surface area contributed by atoms with Crippen molar-refractivity contribution >= 4 is 34.9 Å². The maximum absolute atomic E-state index is 13.2. The van der Waals surface area contributed by atoms with Crippen LogP contribution in [0.15, 0.2) is 54.7 Å². The lowest BCUT2D eigenvalue weighted by Gasteiger charge is -2.08. The summed E-state index contributed by atoms with van der Waals surface area (Å²) in [5.41, 5.74) is 1.29. The van der Waals surface area contributed by atoms with Crippen molar-refractivity contribution in [2.24, 2.45) is 0 Å². The lowest BCUT2D eigenvalue weighted by molar-refractivity contribution is -0.286. The van der Waals surface area contributed by atoms with Gasteiger partial charge < -0.3 is 14.8 Å².